The van der Waals surface area contributed by atoms with Gasteiger partial charge in [-0.3, -0.25) is 9.59 Å². The topological polar surface area (TPSA) is 89.0 Å². The van der Waals surface area contributed by atoms with Crippen LogP contribution in [0.5, 0.6) is 11.5 Å². The summed E-state index contributed by atoms with van der Waals surface area (Å²) in [5.74, 6) is 0.783. The Morgan fingerprint density at radius 1 is 1.08 bits per heavy atom. The molecule has 26 heavy (non-hydrogen) atoms. The highest BCUT2D eigenvalue weighted by molar-refractivity contribution is 5.93. The minimum Gasteiger partial charge on any atom is -0.454 e. The number of fused-ring (bicyclic) bond motifs is 1. The number of amides is 2. The number of hydrazone groups is 1. The van der Waals surface area contributed by atoms with E-state index in [0.717, 1.165) is 16.8 Å². The van der Waals surface area contributed by atoms with E-state index in [0.29, 0.717) is 11.5 Å². The van der Waals surface area contributed by atoms with E-state index in [2.05, 4.69) is 15.8 Å². The molecule has 2 amide bonds. The minimum absolute atomic E-state index is 0.0517. The van der Waals surface area contributed by atoms with Crippen LogP contribution in [-0.2, 0) is 9.59 Å². The van der Waals surface area contributed by atoms with Crippen molar-refractivity contribution in [3.8, 4) is 11.5 Å². The summed E-state index contributed by atoms with van der Waals surface area (Å²) < 4.78 is 10.5. The Kier molecular flexibility index (Phi) is 5.48. The molecule has 134 valence electrons. The second-order valence-electron chi connectivity index (χ2n) is 5.82. The van der Waals surface area contributed by atoms with Crippen molar-refractivity contribution in [2.75, 3.05) is 12.1 Å². The second kappa shape index (κ2) is 8.15. The van der Waals surface area contributed by atoms with Gasteiger partial charge in [0, 0.05) is 18.5 Å². The average molecular weight is 353 g/mol. The number of nitrogens with zero attached hydrogens (tertiary/aromatic N) is 1. The first-order valence-corrected chi connectivity index (χ1v) is 8.18. The van der Waals surface area contributed by atoms with Gasteiger partial charge in [-0.1, -0.05) is 12.1 Å². The van der Waals surface area contributed by atoms with Gasteiger partial charge in [0.1, 0.15) is 0 Å². The summed E-state index contributed by atoms with van der Waals surface area (Å²) in [5, 5.41) is 6.65. The number of ether oxygens (including phenoxy) is 2. The molecule has 1 aliphatic heterocycles. The molecule has 0 unspecified atom stereocenters. The van der Waals surface area contributed by atoms with Crippen LogP contribution in [0, 0.1) is 6.92 Å². The lowest BCUT2D eigenvalue weighted by atomic mass is 10.2. The molecule has 0 aromatic heterocycles. The standard InChI is InChI=1S/C19H19N3O4/c1-13-3-2-4-15(9-13)21-18(23)7-8-19(24)22-20-11-14-5-6-16-17(10-14)26-12-25-16/h2-6,9-11H,7-8,12H2,1H3,(H,21,23)(H,22,24). The highest BCUT2D eigenvalue weighted by Gasteiger charge is 2.12. The summed E-state index contributed by atoms with van der Waals surface area (Å²) in [6, 6.07) is 12.8. The molecular weight excluding hydrogens is 334 g/mol. The fraction of sp³-hybridized carbons (Fsp3) is 0.211. The Hall–Kier alpha value is -3.35. The molecule has 0 radical (unpaired) electrons. The largest absolute Gasteiger partial charge is 0.454 e. The number of benzene rings is 2. The van der Waals surface area contributed by atoms with Crippen molar-refractivity contribution in [1.82, 2.24) is 5.43 Å². The third kappa shape index (κ3) is 4.83. The molecule has 1 aliphatic rings. The van der Waals surface area contributed by atoms with Crippen LogP contribution in [0.2, 0.25) is 0 Å². The van der Waals surface area contributed by atoms with Gasteiger partial charge < -0.3 is 14.8 Å². The third-order valence-corrected chi connectivity index (χ3v) is 3.68. The van der Waals surface area contributed by atoms with Crippen LogP contribution in [0.4, 0.5) is 5.69 Å². The van der Waals surface area contributed by atoms with E-state index in [9.17, 15) is 9.59 Å². The Labute approximate surface area is 151 Å². The third-order valence-electron chi connectivity index (χ3n) is 3.68. The molecule has 1 heterocycles. The van der Waals surface area contributed by atoms with Gasteiger partial charge in [0.25, 0.3) is 0 Å². The van der Waals surface area contributed by atoms with Gasteiger partial charge in [0.05, 0.1) is 6.21 Å². The van der Waals surface area contributed by atoms with E-state index in [1.54, 1.807) is 24.3 Å². The molecule has 7 heteroatoms. The Morgan fingerprint density at radius 3 is 2.73 bits per heavy atom. The van der Waals surface area contributed by atoms with Gasteiger partial charge in [-0.05, 0) is 48.4 Å². The predicted molar refractivity (Wildman–Crippen MR) is 97.3 cm³/mol. The van der Waals surface area contributed by atoms with Crippen molar-refractivity contribution in [2.24, 2.45) is 5.10 Å². The lowest BCUT2D eigenvalue weighted by Gasteiger charge is -2.05. The first kappa shape index (κ1) is 17.5. The van der Waals surface area contributed by atoms with Crippen molar-refractivity contribution < 1.29 is 19.1 Å². The quantitative estimate of drug-likeness (QED) is 0.617. The Bertz CT molecular complexity index is 848. The predicted octanol–water partition coefficient (Wildman–Crippen LogP) is 2.59. The van der Waals surface area contributed by atoms with Gasteiger partial charge in [0.2, 0.25) is 18.6 Å². The molecular formula is C19H19N3O4. The summed E-state index contributed by atoms with van der Waals surface area (Å²) in [7, 11) is 0. The highest BCUT2D eigenvalue weighted by atomic mass is 16.7. The first-order valence-electron chi connectivity index (χ1n) is 8.18. The summed E-state index contributed by atoms with van der Waals surface area (Å²) in [6.07, 6.45) is 1.64. The normalized spacial score (nSPS) is 12.2. The van der Waals surface area contributed by atoms with Crippen LogP contribution in [0.1, 0.15) is 24.0 Å². The zero-order valence-electron chi connectivity index (χ0n) is 14.3. The van der Waals surface area contributed by atoms with Crippen LogP contribution in [0.3, 0.4) is 0 Å². The number of nitrogens with one attached hydrogen (secondary N) is 2. The molecule has 2 aromatic carbocycles. The number of rotatable bonds is 6. The molecule has 2 aromatic rings. The van der Waals surface area contributed by atoms with Crippen molar-refractivity contribution in [1.29, 1.82) is 0 Å². The van der Waals surface area contributed by atoms with E-state index in [1.807, 2.05) is 25.1 Å². The van der Waals surface area contributed by atoms with Crippen LogP contribution >= 0.6 is 0 Å². The second-order valence-corrected chi connectivity index (χ2v) is 5.82. The van der Waals surface area contributed by atoms with Crippen LogP contribution in [0.25, 0.3) is 0 Å². The molecule has 3 rings (SSSR count). The van der Waals surface area contributed by atoms with E-state index in [4.69, 9.17) is 9.47 Å². The van der Waals surface area contributed by atoms with E-state index < -0.39 is 0 Å². The van der Waals surface area contributed by atoms with Gasteiger partial charge in [0.15, 0.2) is 11.5 Å². The van der Waals surface area contributed by atoms with Crippen molar-refractivity contribution in [2.45, 2.75) is 19.8 Å². The zero-order chi connectivity index (χ0) is 18.4. The highest BCUT2D eigenvalue weighted by Crippen LogP contribution is 2.31. The number of hydrogen-bond acceptors (Lipinski definition) is 5. The average Bonchev–Trinajstić information content (AvgIpc) is 3.08. The number of hydrogen-bond donors (Lipinski definition) is 2. The van der Waals surface area contributed by atoms with Gasteiger partial charge in [-0.15, -0.1) is 0 Å². The maximum atomic E-state index is 11.9. The fourth-order valence-electron chi connectivity index (χ4n) is 2.40. The van der Waals surface area contributed by atoms with Crippen molar-refractivity contribution in [3.63, 3.8) is 0 Å². The number of carbonyl (C=O) groups excluding carboxylic acids is 2. The number of anilines is 1. The SMILES string of the molecule is Cc1cccc(NC(=O)CCC(=O)NN=Cc2ccc3c(c2)OCO3)c1. The molecule has 0 bridgehead atoms. The monoisotopic (exact) mass is 353 g/mol. The fourth-order valence-corrected chi connectivity index (χ4v) is 2.40. The van der Waals surface area contributed by atoms with Crippen LogP contribution in [0.15, 0.2) is 47.6 Å². The van der Waals surface area contributed by atoms with Crippen LogP contribution in [-0.4, -0.2) is 24.8 Å². The summed E-state index contributed by atoms with van der Waals surface area (Å²) in [4.78, 5) is 23.7. The number of carbonyl (C=O) groups is 2. The van der Waals surface area contributed by atoms with Gasteiger partial charge in [-0.25, -0.2) is 5.43 Å². The zero-order valence-corrected chi connectivity index (χ0v) is 14.3. The first-order chi connectivity index (χ1) is 12.6. The minimum atomic E-state index is -0.332. The summed E-state index contributed by atoms with van der Waals surface area (Å²) >= 11 is 0. The van der Waals surface area contributed by atoms with E-state index in [-0.39, 0.29) is 31.4 Å². The maximum absolute atomic E-state index is 11.9. The maximum Gasteiger partial charge on any atom is 0.240 e. The van der Waals surface area contributed by atoms with Gasteiger partial charge >= 0.3 is 0 Å². The summed E-state index contributed by atoms with van der Waals surface area (Å²) in [5.41, 5.74) is 4.95. The molecule has 7 nitrogen and oxygen atoms in total. The molecule has 0 atom stereocenters. The van der Waals surface area contributed by atoms with E-state index >= 15 is 0 Å². The Balaban J connectivity index is 1.42. The Morgan fingerprint density at radius 2 is 1.88 bits per heavy atom. The summed E-state index contributed by atoms with van der Waals surface area (Å²) in [6.45, 7) is 2.15. The molecule has 0 spiro atoms. The van der Waals surface area contributed by atoms with Gasteiger partial charge in [-0.2, -0.15) is 5.10 Å². The molecule has 0 saturated carbocycles. The smallest absolute Gasteiger partial charge is 0.240 e. The van der Waals surface area contributed by atoms with Crippen molar-refractivity contribution >= 4 is 23.7 Å². The molecule has 0 fully saturated rings. The van der Waals surface area contributed by atoms with Crippen molar-refractivity contribution in [3.05, 3.63) is 53.6 Å². The molecule has 2 N–H and O–H groups in total. The van der Waals surface area contributed by atoms with E-state index in [1.165, 1.54) is 6.21 Å². The van der Waals surface area contributed by atoms with Crippen LogP contribution < -0.4 is 20.2 Å². The lowest BCUT2D eigenvalue weighted by Crippen LogP contribution is -2.20. The molecule has 0 aliphatic carbocycles. The lowest BCUT2D eigenvalue weighted by molar-refractivity contribution is -0.124. The number of aryl methyl sites for hydroxylation is 1. The molecule has 0 saturated heterocycles.